The van der Waals surface area contributed by atoms with Crippen molar-refractivity contribution in [2.45, 2.75) is 25.0 Å². The molecule has 12 heteroatoms. The third-order valence-corrected chi connectivity index (χ3v) is 3.57. The Morgan fingerprint density at radius 1 is 1.45 bits per heavy atom. The van der Waals surface area contributed by atoms with Gasteiger partial charge in [0.15, 0.2) is 24.0 Å². The molecule has 0 radical (unpaired) electrons. The minimum absolute atomic E-state index is 0.111. The van der Waals surface area contributed by atoms with Crippen LogP contribution in [-0.4, -0.2) is 53.4 Å². The van der Waals surface area contributed by atoms with Gasteiger partial charge in [0, 0.05) is 6.42 Å². The first-order valence-electron chi connectivity index (χ1n) is 6.27. The summed E-state index contributed by atoms with van der Waals surface area (Å²) in [7, 11) is -2.09. The third-order valence-electron chi connectivity index (χ3n) is 3.07. The number of aromatic nitrogens is 4. The molecular formula is C10H14N5O6P. The highest BCUT2D eigenvalue weighted by atomic mass is 31.2. The molecule has 22 heavy (non-hydrogen) atoms. The molecule has 0 spiro atoms. The zero-order valence-electron chi connectivity index (χ0n) is 11.2. The Bertz CT molecular complexity index is 656. The number of hydrogen-bond acceptors (Lipinski definition) is 10. The number of nitrogen functional groups attached to an aromatic ring is 1. The van der Waals surface area contributed by atoms with Crippen LogP contribution in [0.15, 0.2) is 12.7 Å². The second kappa shape index (κ2) is 6.34. The first-order chi connectivity index (χ1) is 10.6. The third kappa shape index (κ3) is 2.88. The smallest absolute Gasteiger partial charge is 0.232 e. The van der Waals surface area contributed by atoms with Gasteiger partial charge in [-0.05, 0) is 0 Å². The minimum atomic E-state index is -2.09. The van der Waals surface area contributed by atoms with Gasteiger partial charge in [0.2, 0.25) is 8.38 Å². The van der Waals surface area contributed by atoms with E-state index in [-0.39, 0.29) is 12.2 Å². The van der Waals surface area contributed by atoms with E-state index in [0.29, 0.717) is 11.2 Å². The van der Waals surface area contributed by atoms with Gasteiger partial charge in [0.1, 0.15) is 24.3 Å². The molecule has 1 unspecified atom stereocenters. The minimum Gasteiger partial charge on any atom is -0.388 e. The second-order valence-electron chi connectivity index (χ2n) is 4.51. The van der Waals surface area contributed by atoms with Crippen LogP contribution < -0.4 is 5.73 Å². The molecule has 4 atom stereocenters. The summed E-state index contributed by atoms with van der Waals surface area (Å²) in [4.78, 5) is 25.9. The van der Waals surface area contributed by atoms with Gasteiger partial charge in [-0.15, -0.1) is 0 Å². The summed E-state index contributed by atoms with van der Waals surface area (Å²) >= 11 is 0. The molecule has 5 N–H and O–H groups in total. The zero-order valence-corrected chi connectivity index (χ0v) is 12.1. The summed E-state index contributed by atoms with van der Waals surface area (Å²) in [6.45, 7) is 0. The summed E-state index contributed by atoms with van der Waals surface area (Å²) < 4.78 is 11.6. The fourth-order valence-electron chi connectivity index (χ4n) is 2.11. The highest BCUT2D eigenvalue weighted by Gasteiger charge is 2.38. The molecule has 3 rings (SSSR count). The molecule has 0 aromatic carbocycles. The van der Waals surface area contributed by atoms with Crippen molar-refractivity contribution in [1.82, 2.24) is 19.5 Å². The molecule has 2 aromatic heterocycles. The number of aliphatic hydroxyl groups excluding tert-OH is 2. The van der Waals surface area contributed by atoms with Gasteiger partial charge < -0.3 is 25.6 Å². The average Bonchev–Trinajstić information content (AvgIpc) is 3.09. The van der Waals surface area contributed by atoms with Gasteiger partial charge in [-0.1, -0.05) is 0 Å². The number of anilines is 1. The number of aliphatic hydroxyl groups is 2. The lowest BCUT2D eigenvalue weighted by atomic mass is 10.2. The summed E-state index contributed by atoms with van der Waals surface area (Å²) in [5.41, 5.74) is 6.52. The number of nitrogens with zero attached hydrogens (tertiary/aromatic N) is 4. The first-order valence-corrected chi connectivity index (χ1v) is 7.67. The predicted octanol–water partition coefficient (Wildman–Crippen LogP) is -0.783. The molecular weight excluding hydrogens is 317 g/mol. The molecule has 11 nitrogen and oxygen atoms in total. The van der Waals surface area contributed by atoms with Crippen LogP contribution in [0.2, 0.25) is 0 Å². The maximum absolute atomic E-state index is 10.1. The van der Waals surface area contributed by atoms with E-state index in [2.05, 4.69) is 19.6 Å². The Morgan fingerprint density at radius 3 is 3.05 bits per heavy atom. The highest BCUT2D eigenvalue weighted by molar-refractivity contribution is 7.45. The van der Waals surface area contributed by atoms with Gasteiger partial charge in [-0.2, -0.15) is 9.56 Å². The second-order valence-corrected chi connectivity index (χ2v) is 5.64. The molecule has 0 amide bonds. The van der Waals surface area contributed by atoms with E-state index in [1.165, 1.54) is 17.2 Å². The van der Waals surface area contributed by atoms with Crippen molar-refractivity contribution >= 4 is 25.4 Å². The molecule has 1 aliphatic heterocycles. The van der Waals surface area contributed by atoms with Crippen molar-refractivity contribution in [2.75, 3.05) is 12.1 Å². The van der Waals surface area contributed by atoms with Crippen molar-refractivity contribution in [3.63, 3.8) is 0 Å². The topological polar surface area (TPSA) is 158 Å². The average molecular weight is 331 g/mol. The van der Waals surface area contributed by atoms with Crippen LogP contribution >= 0.6 is 8.38 Å². The SMILES string of the molecule is Nc1ncnc2c1ncn2[C@@H]1O[C@H](OOP(O)CO)C[C@@H]1O. The summed E-state index contributed by atoms with van der Waals surface area (Å²) in [6, 6.07) is 0. The number of ether oxygens (including phenoxy) is 1. The van der Waals surface area contributed by atoms with Gasteiger partial charge in [-0.25, -0.2) is 15.0 Å². The van der Waals surface area contributed by atoms with Gasteiger partial charge in [0.05, 0.1) is 6.33 Å². The van der Waals surface area contributed by atoms with Crippen LogP contribution in [0.3, 0.4) is 0 Å². The van der Waals surface area contributed by atoms with E-state index >= 15 is 0 Å². The van der Waals surface area contributed by atoms with Crippen LogP contribution in [0.5, 0.6) is 0 Å². The molecule has 1 fully saturated rings. The zero-order chi connectivity index (χ0) is 15.7. The van der Waals surface area contributed by atoms with Gasteiger partial charge in [-0.3, -0.25) is 4.57 Å². The van der Waals surface area contributed by atoms with Gasteiger partial charge >= 0.3 is 0 Å². The van der Waals surface area contributed by atoms with E-state index < -0.39 is 33.3 Å². The maximum Gasteiger partial charge on any atom is 0.232 e. The van der Waals surface area contributed by atoms with Crippen molar-refractivity contribution in [3.8, 4) is 0 Å². The Hall–Kier alpha value is -1.46. The Kier molecular flexibility index (Phi) is 4.45. The van der Waals surface area contributed by atoms with Crippen LogP contribution in [0, 0.1) is 0 Å². The summed E-state index contributed by atoms with van der Waals surface area (Å²) in [5.74, 6) is 0.223. The lowest BCUT2D eigenvalue weighted by Gasteiger charge is -2.16. The summed E-state index contributed by atoms with van der Waals surface area (Å²) in [5, 5.41) is 18.7. The molecule has 0 bridgehead atoms. The number of hydrogen-bond donors (Lipinski definition) is 4. The van der Waals surface area contributed by atoms with Crippen LogP contribution in [0.4, 0.5) is 5.82 Å². The Labute approximate surface area is 125 Å². The van der Waals surface area contributed by atoms with E-state index in [4.69, 9.17) is 25.4 Å². The molecule has 120 valence electrons. The Balaban J connectivity index is 1.75. The fourth-order valence-corrected chi connectivity index (χ4v) is 2.35. The summed E-state index contributed by atoms with van der Waals surface area (Å²) in [6.07, 6.45) is -0.335. The van der Waals surface area contributed by atoms with E-state index in [1.807, 2.05) is 0 Å². The lowest BCUT2D eigenvalue weighted by molar-refractivity contribution is -0.318. The molecule has 2 aromatic rings. The van der Waals surface area contributed by atoms with Crippen LogP contribution in [-0.2, 0) is 14.3 Å². The number of rotatable bonds is 5. The quantitative estimate of drug-likeness (QED) is 0.311. The number of fused-ring (bicyclic) bond motifs is 1. The molecule has 1 aliphatic rings. The lowest BCUT2D eigenvalue weighted by Crippen LogP contribution is -2.19. The van der Waals surface area contributed by atoms with E-state index in [1.54, 1.807) is 0 Å². The van der Waals surface area contributed by atoms with Gasteiger partial charge in [0.25, 0.3) is 0 Å². The molecule has 0 saturated carbocycles. The largest absolute Gasteiger partial charge is 0.388 e. The monoisotopic (exact) mass is 331 g/mol. The normalized spacial score (nSPS) is 26.6. The van der Waals surface area contributed by atoms with Crippen molar-refractivity contribution in [2.24, 2.45) is 0 Å². The molecule has 3 heterocycles. The van der Waals surface area contributed by atoms with Crippen LogP contribution in [0.1, 0.15) is 12.6 Å². The van der Waals surface area contributed by atoms with Crippen molar-refractivity contribution in [1.29, 1.82) is 0 Å². The maximum atomic E-state index is 10.1. The number of nitrogens with two attached hydrogens (primary N) is 1. The first kappa shape index (κ1) is 15.4. The molecule has 0 aliphatic carbocycles. The number of imidazole rings is 1. The standard InChI is InChI=1S/C10H14N5O6P/c11-8-7-9(13-2-12-8)15(3-14-7)10-5(17)1-6(19-10)20-21-22(18)4-16/h2-3,5-6,10,16-18H,1,4H2,(H2,11,12,13)/t5-,6+,10+,22?/m0/s1. The highest BCUT2D eigenvalue weighted by Crippen LogP contribution is 2.36. The van der Waals surface area contributed by atoms with Crippen molar-refractivity contribution < 1.29 is 29.4 Å². The van der Waals surface area contributed by atoms with E-state index in [9.17, 15) is 5.11 Å². The Morgan fingerprint density at radius 2 is 2.27 bits per heavy atom. The van der Waals surface area contributed by atoms with Crippen LogP contribution in [0.25, 0.3) is 11.2 Å². The molecule has 1 saturated heterocycles. The predicted molar refractivity (Wildman–Crippen MR) is 72.7 cm³/mol. The van der Waals surface area contributed by atoms with Crippen molar-refractivity contribution in [3.05, 3.63) is 12.7 Å². The fraction of sp³-hybridized carbons (Fsp3) is 0.500. The van der Waals surface area contributed by atoms with E-state index in [0.717, 1.165) is 0 Å².